The third kappa shape index (κ3) is 2.74. The topological polar surface area (TPSA) is 103 Å². The molecule has 0 aliphatic rings. The molecule has 8 nitrogen and oxygen atoms in total. The number of pyridine rings is 1. The molecule has 126 valence electrons. The summed E-state index contributed by atoms with van der Waals surface area (Å²) in [6.07, 6.45) is 8.71. The van der Waals surface area contributed by atoms with Crippen LogP contribution in [0.25, 0.3) is 15.3 Å². The Hall–Kier alpha value is -3.20. The number of fused-ring (bicyclic) bond motifs is 1. The number of carbonyl (C=O) groups is 1. The van der Waals surface area contributed by atoms with E-state index in [1.807, 2.05) is 26.4 Å². The zero-order chi connectivity index (χ0) is 17.6. The predicted molar refractivity (Wildman–Crippen MR) is 96.6 cm³/mol. The van der Waals surface area contributed by atoms with Crippen molar-refractivity contribution < 1.29 is 4.79 Å². The SMILES string of the molecule is Cc1ncc(N)cc1NC(=O)c1cnn2cc(-c3cnn(C)c3)sc12. The number of nitrogen functional groups attached to an aromatic ring is 1. The molecule has 0 aromatic carbocycles. The maximum Gasteiger partial charge on any atom is 0.260 e. The zero-order valence-electron chi connectivity index (χ0n) is 13.6. The fourth-order valence-corrected chi connectivity index (χ4v) is 3.52. The zero-order valence-corrected chi connectivity index (χ0v) is 14.4. The van der Waals surface area contributed by atoms with Gasteiger partial charge in [-0.3, -0.25) is 14.5 Å². The molecule has 25 heavy (non-hydrogen) atoms. The molecule has 0 radical (unpaired) electrons. The van der Waals surface area contributed by atoms with Gasteiger partial charge in [0.05, 0.1) is 46.1 Å². The van der Waals surface area contributed by atoms with E-state index in [9.17, 15) is 4.79 Å². The highest BCUT2D eigenvalue weighted by molar-refractivity contribution is 7.21. The Morgan fingerprint density at radius 3 is 2.84 bits per heavy atom. The van der Waals surface area contributed by atoms with Gasteiger partial charge in [0.2, 0.25) is 0 Å². The van der Waals surface area contributed by atoms with Crippen molar-refractivity contribution >= 4 is 33.4 Å². The molecule has 0 atom stereocenters. The largest absolute Gasteiger partial charge is 0.397 e. The summed E-state index contributed by atoms with van der Waals surface area (Å²) in [5, 5.41) is 11.3. The number of hydrogen-bond donors (Lipinski definition) is 2. The molecule has 0 aliphatic carbocycles. The Morgan fingerprint density at radius 2 is 2.08 bits per heavy atom. The predicted octanol–water partition coefficient (Wildman–Crippen LogP) is 2.33. The Kier molecular flexibility index (Phi) is 3.50. The maximum absolute atomic E-state index is 12.7. The summed E-state index contributed by atoms with van der Waals surface area (Å²) in [5.41, 5.74) is 9.02. The van der Waals surface area contributed by atoms with E-state index in [0.717, 1.165) is 15.3 Å². The number of aromatic nitrogens is 5. The minimum atomic E-state index is -0.245. The number of thiazole rings is 1. The first-order chi connectivity index (χ1) is 12.0. The Morgan fingerprint density at radius 1 is 1.24 bits per heavy atom. The standard InChI is InChI=1S/C16H15N7OS/c1-9-13(3-11(17)5-18-9)21-15(24)12-6-20-23-8-14(25-16(12)23)10-4-19-22(2)7-10/h3-8H,17H2,1-2H3,(H,21,24). The monoisotopic (exact) mass is 353 g/mol. The second-order valence-corrected chi connectivity index (χ2v) is 6.69. The summed E-state index contributed by atoms with van der Waals surface area (Å²) in [5.74, 6) is -0.245. The summed E-state index contributed by atoms with van der Waals surface area (Å²) in [6, 6.07) is 1.69. The van der Waals surface area contributed by atoms with Gasteiger partial charge in [-0.1, -0.05) is 0 Å². The van der Waals surface area contributed by atoms with Crippen LogP contribution in [0.1, 0.15) is 16.1 Å². The normalized spacial score (nSPS) is 11.1. The molecule has 0 bridgehead atoms. The summed E-state index contributed by atoms with van der Waals surface area (Å²) in [6.45, 7) is 1.81. The lowest BCUT2D eigenvalue weighted by Gasteiger charge is -2.07. The van der Waals surface area contributed by atoms with Crippen LogP contribution in [0.15, 0.2) is 37.1 Å². The number of nitrogens with two attached hydrogens (primary N) is 1. The molecular weight excluding hydrogens is 338 g/mol. The number of anilines is 2. The second-order valence-electron chi connectivity index (χ2n) is 5.66. The molecular formula is C16H15N7OS. The maximum atomic E-state index is 12.7. The van der Waals surface area contributed by atoms with Crippen molar-refractivity contribution in [3.8, 4) is 10.4 Å². The smallest absolute Gasteiger partial charge is 0.260 e. The molecule has 0 saturated carbocycles. The molecule has 4 aromatic heterocycles. The second kappa shape index (κ2) is 5.71. The average Bonchev–Trinajstić information content (AvgIpc) is 3.25. The summed E-state index contributed by atoms with van der Waals surface area (Å²) in [7, 11) is 1.86. The van der Waals surface area contributed by atoms with E-state index in [2.05, 4.69) is 20.5 Å². The molecule has 0 unspecified atom stereocenters. The van der Waals surface area contributed by atoms with Crippen LogP contribution in [-0.2, 0) is 7.05 Å². The number of nitrogens with one attached hydrogen (secondary N) is 1. The fourth-order valence-electron chi connectivity index (χ4n) is 2.49. The van der Waals surface area contributed by atoms with Gasteiger partial charge in [0.15, 0.2) is 0 Å². The lowest BCUT2D eigenvalue weighted by molar-refractivity contribution is 0.102. The van der Waals surface area contributed by atoms with Crippen LogP contribution in [0.5, 0.6) is 0 Å². The van der Waals surface area contributed by atoms with Gasteiger partial charge >= 0.3 is 0 Å². The van der Waals surface area contributed by atoms with E-state index in [4.69, 9.17) is 5.73 Å². The van der Waals surface area contributed by atoms with Gasteiger partial charge in [0.25, 0.3) is 5.91 Å². The quantitative estimate of drug-likeness (QED) is 0.588. The molecule has 1 amide bonds. The van der Waals surface area contributed by atoms with Crippen LogP contribution in [0.4, 0.5) is 11.4 Å². The number of rotatable bonds is 3. The molecule has 4 heterocycles. The van der Waals surface area contributed by atoms with Crippen molar-refractivity contribution in [1.29, 1.82) is 0 Å². The van der Waals surface area contributed by atoms with E-state index in [1.165, 1.54) is 11.3 Å². The Bertz CT molecular complexity index is 1090. The third-order valence-corrected chi connectivity index (χ3v) is 4.95. The summed E-state index contributed by atoms with van der Waals surface area (Å²) in [4.78, 5) is 18.6. The highest BCUT2D eigenvalue weighted by Crippen LogP contribution is 2.30. The average molecular weight is 353 g/mol. The number of nitrogens with zero attached hydrogens (tertiary/aromatic N) is 5. The Balaban J connectivity index is 1.68. The van der Waals surface area contributed by atoms with E-state index in [0.29, 0.717) is 22.6 Å². The van der Waals surface area contributed by atoms with Gasteiger partial charge in [-0.2, -0.15) is 10.2 Å². The molecule has 4 rings (SSSR count). The fraction of sp³-hybridized carbons (Fsp3) is 0.125. The molecule has 0 saturated heterocycles. The van der Waals surface area contributed by atoms with Crippen LogP contribution >= 0.6 is 11.3 Å². The van der Waals surface area contributed by atoms with Gasteiger partial charge in [0, 0.05) is 25.0 Å². The van der Waals surface area contributed by atoms with Crippen LogP contribution in [0, 0.1) is 6.92 Å². The van der Waals surface area contributed by atoms with Crippen molar-refractivity contribution in [2.75, 3.05) is 11.1 Å². The van der Waals surface area contributed by atoms with Gasteiger partial charge in [-0.15, -0.1) is 11.3 Å². The van der Waals surface area contributed by atoms with E-state index in [1.54, 1.807) is 33.9 Å². The van der Waals surface area contributed by atoms with E-state index >= 15 is 0 Å². The molecule has 3 N–H and O–H groups in total. The van der Waals surface area contributed by atoms with Gasteiger partial charge < -0.3 is 11.1 Å². The van der Waals surface area contributed by atoms with Crippen molar-refractivity contribution in [2.24, 2.45) is 7.05 Å². The first-order valence-electron chi connectivity index (χ1n) is 7.51. The highest BCUT2D eigenvalue weighted by atomic mass is 32.1. The van der Waals surface area contributed by atoms with Gasteiger partial charge in [-0.05, 0) is 13.0 Å². The summed E-state index contributed by atoms with van der Waals surface area (Å²) < 4.78 is 3.44. The van der Waals surface area contributed by atoms with Crippen LogP contribution in [0.3, 0.4) is 0 Å². The first-order valence-corrected chi connectivity index (χ1v) is 8.32. The molecule has 0 spiro atoms. The lowest BCUT2D eigenvalue weighted by atomic mass is 10.2. The van der Waals surface area contributed by atoms with Gasteiger partial charge in [0.1, 0.15) is 4.83 Å². The highest BCUT2D eigenvalue weighted by Gasteiger charge is 2.17. The third-order valence-electron chi connectivity index (χ3n) is 3.79. The number of hydrogen-bond acceptors (Lipinski definition) is 6. The van der Waals surface area contributed by atoms with Gasteiger partial charge in [-0.25, -0.2) is 4.52 Å². The number of carbonyl (C=O) groups excluding carboxylic acids is 1. The number of aryl methyl sites for hydroxylation is 2. The van der Waals surface area contributed by atoms with Crippen molar-refractivity contribution in [3.63, 3.8) is 0 Å². The van der Waals surface area contributed by atoms with Crippen molar-refractivity contribution in [1.82, 2.24) is 24.4 Å². The number of amides is 1. The first kappa shape index (κ1) is 15.3. The molecule has 0 fully saturated rings. The Labute approximate surface area is 146 Å². The van der Waals surface area contributed by atoms with Crippen LogP contribution in [-0.4, -0.2) is 30.3 Å². The van der Waals surface area contributed by atoms with Crippen LogP contribution < -0.4 is 11.1 Å². The molecule has 0 aliphatic heterocycles. The van der Waals surface area contributed by atoms with Crippen molar-refractivity contribution in [3.05, 3.63) is 48.3 Å². The molecule has 9 heteroatoms. The van der Waals surface area contributed by atoms with E-state index < -0.39 is 0 Å². The summed E-state index contributed by atoms with van der Waals surface area (Å²) >= 11 is 1.49. The minimum absolute atomic E-state index is 0.245. The van der Waals surface area contributed by atoms with Crippen LogP contribution in [0.2, 0.25) is 0 Å². The van der Waals surface area contributed by atoms with E-state index in [-0.39, 0.29) is 5.91 Å². The van der Waals surface area contributed by atoms with Crippen molar-refractivity contribution in [2.45, 2.75) is 6.92 Å². The lowest BCUT2D eigenvalue weighted by Crippen LogP contribution is -2.13. The minimum Gasteiger partial charge on any atom is -0.397 e. The molecule has 4 aromatic rings.